The third-order valence-corrected chi connectivity index (χ3v) is 2.18. The lowest BCUT2D eigenvalue weighted by Gasteiger charge is -1.86. The standard InChI is InChI=1S/C5H5FO2/c6-5-1-4(5,2-5)3(7)8/h1-2H2,(H,7,8). The summed E-state index contributed by atoms with van der Waals surface area (Å²) >= 11 is 0. The van der Waals surface area contributed by atoms with Gasteiger partial charge < -0.3 is 5.11 Å². The number of hydrogen-bond acceptors (Lipinski definition) is 1. The van der Waals surface area contributed by atoms with Crippen LogP contribution < -0.4 is 0 Å². The van der Waals surface area contributed by atoms with Crippen molar-refractivity contribution in [1.29, 1.82) is 0 Å². The number of carboxylic acid groups (broad SMARTS) is 1. The predicted molar refractivity (Wildman–Crippen MR) is 23.1 cm³/mol. The highest BCUT2D eigenvalue weighted by molar-refractivity contribution is 5.87. The summed E-state index contributed by atoms with van der Waals surface area (Å²) in [6.45, 7) is 0. The van der Waals surface area contributed by atoms with Crippen LogP contribution in [-0.4, -0.2) is 16.7 Å². The fraction of sp³-hybridized carbons (Fsp3) is 0.800. The number of alkyl halides is 1. The highest BCUT2D eigenvalue weighted by Crippen LogP contribution is 2.81. The van der Waals surface area contributed by atoms with Gasteiger partial charge in [-0.1, -0.05) is 0 Å². The summed E-state index contributed by atoms with van der Waals surface area (Å²) < 4.78 is 12.4. The molecule has 0 heterocycles. The second-order valence-electron chi connectivity index (χ2n) is 2.71. The molecule has 2 rings (SSSR count). The lowest BCUT2D eigenvalue weighted by atomic mass is 10.2. The van der Waals surface area contributed by atoms with E-state index in [9.17, 15) is 9.18 Å². The molecule has 0 aromatic heterocycles. The number of hydrogen-bond donors (Lipinski definition) is 1. The van der Waals surface area contributed by atoms with Crippen LogP contribution >= 0.6 is 0 Å². The molecule has 3 heteroatoms. The van der Waals surface area contributed by atoms with Crippen LogP contribution in [0.3, 0.4) is 0 Å². The Bertz CT molecular complexity index is 169. The molecule has 2 nitrogen and oxygen atoms in total. The van der Waals surface area contributed by atoms with Gasteiger partial charge in [-0.3, -0.25) is 4.79 Å². The molecule has 2 fully saturated rings. The highest BCUT2D eigenvalue weighted by Gasteiger charge is 2.90. The van der Waals surface area contributed by atoms with Gasteiger partial charge in [-0.05, 0) is 0 Å². The average molecular weight is 116 g/mol. The van der Waals surface area contributed by atoms with Crippen molar-refractivity contribution in [3.05, 3.63) is 0 Å². The van der Waals surface area contributed by atoms with Gasteiger partial charge in [0.15, 0.2) is 0 Å². The SMILES string of the molecule is O=C(O)C12CC1(F)C2. The first-order valence-corrected chi connectivity index (χ1v) is 2.53. The Morgan fingerprint density at radius 1 is 1.62 bits per heavy atom. The summed E-state index contributed by atoms with van der Waals surface area (Å²) in [5.74, 6) is -0.958. The zero-order chi connectivity index (χ0) is 5.99. The molecule has 2 aliphatic rings. The number of carboxylic acids is 1. The second kappa shape index (κ2) is 0.694. The van der Waals surface area contributed by atoms with Crippen LogP contribution in [0.5, 0.6) is 0 Å². The molecule has 1 N–H and O–H groups in total. The molecule has 8 heavy (non-hydrogen) atoms. The molecular formula is C5H5FO2. The van der Waals surface area contributed by atoms with Crippen molar-refractivity contribution in [3.8, 4) is 0 Å². The van der Waals surface area contributed by atoms with Gasteiger partial charge in [0.25, 0.3) is 0 Å². The quantitative estimate of drug-likeness (QED) is 0.543. The van der Waals surface area contributed by atoms with Crippen LogP contribution in [0.1, 0.15) is 12.8 Å². The zero-order valence-corrected chi connectivity index (χ0v) is 4.15. The maximum Gasteiger partial charge on any atom is 0.313 e. The van der Waals surface area contributed by atoms with Crippen LogP contribution in [-0.2, 0) is 4.79 Å². The zero-order valence-electron chi connectivity index (χ0n) is 4.15. The molecular weight excluding hydrogens is 111 g/mol. The fourth-order valence-electron chi connectivity index (χ4n) is 1.16. The van der Waals surface area contributed by atoms with E-state index in [-0.39, 0.29) is 12.8 Å². The summed E-state index contributed by atoms with van der Waals surface area (Å²) in [6, 6.07) is 0. The van der Waals surface area contributed by atoms with Gasteiger partial charge in [0, 0.05) is 12.8 Å². The lowest BCUT2D eigenvalue weighted by molar-refractivity contribution is -0.140. The van der Waals surface area contributed by atoms with Crippen molar-refractivity contribution in [2.45, 2.75) is 18.5 Å². The van der Waals surface area contributed by atoms with Gasteiger partial charge in [0.05, 0.1) is 0 Å². The largest absolute Gasteiger partial charge is 0.481 e. The normalized spacial score (nSPS) is 57.1. The Morgan fingerprint density at radius 3 is 2.00 bits per heavy atom. The van der Waals surface area contributed by atoms with Gasteiger partial charge in [0.2, 0.25) is 0 Å². The maximum atomic E-state index is 12.4. The molecule has 0 aromatic carbocycles. The van der Waals surface area contributed by atoms with E-state index < -0.39 is 17.1 Å². The molecule has 0 amide bonds. The van der Waals surface area contributed by atoms with Gasteiger partial charge in [-0.2, -0.15) is 0 Å². The van der Waals surface area contributed by atoms with E-state index in [1.54, 1.807) is 0 Å². The van der Waals surface area contributed by atoms with Crippen molar-refractivity contribution >= 4 is 5.97 Å². The fourth-order valence-corrected chi connectivity index (χ4v) is 1.16. The van der Waals surface area contributed by atoms with E-state index in [2.05, 4.69) is 0 Å². The lowest BCUT2D eigenvalue weighted by Crippen LogP contribution is -2.03. The van der Waals surface area contributed by atoms with Gasteiger partial charge in [-0.25, -0.2) is 4.39 Å². The summed E-state index contributed by atoms with van der Waals surface area (Å²) in [7, 11) is 0. The van der Waals surface area contributed by atoms with E-state index >= 15 is 0 Å². The predicted octanol–water partition coefficient (Wildman–Crippen LogP) is 0.573. The molecule has 2 saturated carbocycles. The van der Waals surface area contributed by atoms with Crippen molar-refractivity contribution in [2.24, 2.45) is 5.41 Å². The minimum atomic E-state index is -1.27. The Hall–Kier alpha value is -0.600. The van der Waals surface area contributed by atoms with Crippen molar-refractivity contribution in [3.63, 3.8) is 0 Å². The molecule has 0 aliphatic heterocycles. The first-order chi connectivity index (χ1) is 3.61. The Balaban J connectivity index is 2.24. The molecule has 0 spiro atoms. The monoisotopic (exact) mass is 116 g/mol. The molecule has 0 radical (unpaired) electrons. The highest BCUT2D eigenvalue weighted by atomic mass is 19.1. The third kappa shape index (κ3) is 0.208. The molecule has 0 atom stereocenters. The Labute approximate surface area is 45.3 Å². The summed E-state index contributed by atoms with van der Waals surface area (Å²) in [5.41, 5.74) is -2.16. The van der Waals surface area contributed by atoms with E-state index in [1.165, 1.54) is 0 Å². The molecule has 2 aliphatic carbocycles. The third-order valence-electron chi connectivity index (χ3n) is 2.18. The summed E-state index contributed by atoms with van der Waals surface area (Å²) in [5, 5.41) is 8.28. The van der Waals surface area contributed by atoms with Crippen molar-refractivity contribution in [2.75, 3.05) is 0 Å². The topological polar surface area (TPSA) is 37.3 Å². The van der Waals surface area contributed by atoms with Crippen molar-refractivity contribution in [1.82, 2.24) is 0 Å². The maximum absolute atomic E-state index is 12.4. The van der Waals surface area contributed by atoms with Crippen LogP contribution in [0.4, 0.5) is 4.39 Å². The van der Waals surface area contributed by atoms with Crippen LogP contribution in [0.25, 0.3) is 0 Å². The molecule has 0 aromatic rings. The molecule has 0 saturated heterocycles. The van der Waals surface area contributed by atoms with Crippen molar-refractivity contribution < 1.29 is 14.3 Å². The Morgan fingerprint density at radius 2 is 2.00 bits per heavy atom. The number of carbonyl (C=O) groups is 1. The van der Waals surface area contributed by atoms with E-state index in [0.717, 1.165) is 0 Å². The molecule has 0 bridgehead atoms. The van der Waals surface area contributed by atoms with E-state index in [0.29, 0.717) is 0 Å². The minimum absolute atomic E-state index is 0.259. The number of aliphatic carboxylic acids is 1. The van der Waals surface area contributed by atoms with Crippen LogP contribution in [0, 0.1) is 5.41 Å². The van der Waals surface area contributed by atoms with Crippen LogP contribution in [0.2, 0.25) is 0 Å². The van der Waals surface area contributed by atoms with Crippen LogP contribution in [0.15, 0.2) is 0 Å². The van der Waals surface area contributed by atoms with E-state index in [4.69, 9.17) is 5.11 Å². The summed E-state index contributed by atoms with van der Waals surface area (Å²) in [4.78, 5) is 10.1. The average Bonchev–Trinajstić information content (AvgIpc) is 2.22. The van der Waals surface area contributed by atoms with Gasteiger partial charge in [-0.15, -0.1) is 0 Å². The second-order valence-corrected chi connectivity index (χ2v) is 2.71. The first kappa shape index (κ1) is 4.30. The van der Waals surface area contributed by atoms with Gasteiger partial charge in [0.1, 0.15) is 11.1 Å². The smallest absolute Gasteiger partial charge is 0.313 e. The molecule has 44 valence electrons. The minimum Gasteiger partial charge on any atom is -0.481 e. The van der Waals surface area contributed by atoms with Gasteiger partial charge >= 0.3 is 5.97 Å². The number of halogens is 1. The number of fused-ring (bicyclic) bond motifs is 1. The number of rotatable bonds is 1. The van der Waals surface area contributed by atoms with E-state index in [1.807, 2.05) is 0 Å². The molecule has 0 unspecified atom stereocenters. The first-order valence-electron chi connectivity index (χ1n) is 2.53. The Kier molecular flexibility index (Phi) is 0.373. The summed E-state index contributed by atoms with van der Waals surface area (Å²) in [6.07, 6.45) is 0.519.